The Morgan fingerprint density at radius 3 is 1.94 bits per heavy atom. The third kappa shape index (κ3) is 6.65. The van der Waals surface area contributed by atoms with Gasteiger partial charge in [-0.2, -0.15) is 0 Å². The molecule has 2 unspecified atom stereocenters. The lowest BCUT2D eigenvalue weighted by Crippen LogP contribution is -2.22. The maximum Gasteiger partial charge on any atom is 0.257 e. The molecule has 1 amide bonds. The fraction of sp³-hybridized carbons (Fsp3) is 0.190. The number of hydrogen-bond donors (Lipinski definition) is 4. The summed E-state index contributed by atoms with van der Waals surface area (Å²) >= 11 is -4.92. The lowest BCUT2D eigenvalue weighted by Gasteiger charge is -2.17. The lowest BCUT2D eigenvalue weighted by atomic mass is 10.0. The quantitative estimate of drug-likeness (QED) is 0.241. The van der Waals surface area contributed by atoms with Crippen molar-refractivity contribution in [3.63, 3.8) is 0 Å². The first-order valence-corrected chi connectivity index (χ1v) is 11.6. The molecule has 10 nitrogen and oxygen atoms in total. The standard InChI is InChI=1S/C13H14N2O4S.C8H11NO3S/c1-15(2)13(17)10-7-11(14-20(18)19)8-5-3-4-6-9(8)12(10)16;1-5-3-7(9-13(11)12)8(10)4-6(5)2/h3-7,14,16H,1-2H3,(H,18,19);3-4,9-10H,1-2H3,(H,11,12)/p-2. The number of rotatable bonds is 5. The van der Waals surface area contributed by atoms with Crippen molar-refractivity contribution in [1.82, 2.24) is 4.90 Å². The van der Waals surface area contributed by atoms with Crippen molar-refractivity contribution < 1.29 is 32.5 Å². The van der Waals surface area contributed by atoms with Crippen LogP contribution in [0.4, 0.5) is 11.4 Å². The number of phenolic OH excluding ortho intramolecular Hbond substituents is 2. The first-order valence-electron chi connectivity index (χ1n) is 9.40. The highest BCUT2D eigenvalue weighted by Crippen LogP contribution is 2.35. The van der Waals surface area contributed by atoms with Crippen LogP contribution in [0.25, 0.3) is 10.8 Å². The molecule has 0 heterocycles. The molecule has 0 saturated heterocycles. The van der Waals surface area contributed by atoms with Gasteiger partial charge in [0.05, 0.1) is 16.9 Å². The summed E-state index contributed by atoms with van der Waals surface area (Å²) in [5.41, 5.74) is 2.33. The Labute approximate surface area is 196 Å². The van der Waals surface area contributed by atoms with Gasteiger partial charge >= 0.3 is 0 Å². The molecule has 3 aromatic carbocycles. The molecule has 0 aromatic heterocycles. The Bertz CT molecular complexity index is 1230. The Morgan fingerprint density at radius 2 is 1.39 bits per heavy atom. The van der Waals surface area contributed by atoms with Gasteiger partial charge in [-0.15, -0.1) is 0 Å². The number of nitrogens with zero attached hydrogens (tertiary/aromatic N) is 1. The zero-order valence-corrected chi connectivity index (χ0v) is 19.9. The number of aromatic hydroxyl groups is 2. The molecule has 3 aromatic rings. The Kier molecular flexibility index (Phi) is 8.76. The molecule has 33 heavy (non-hydrogen) atoms. The fourth-order valence-electron chi connectivity index (χ4n) is 2.91. The largest absolute Gasteiger partial charge is 0.755 e. The zero-order chi connectivity index (χ0) is 24.9. The minimum absolute atomic E-state index is 0.0432. The Balaban J connectivity index is 0.000000257. The molecule has 3 rings (SSSR count). The second-order valence-corrected chi connectivity index (χ2v) is 8.54. The summed E-state index contributed by atoms with van der Waals surface area (Å²) < 4.78 is 46.6. The summed E-state index contributed by atoms with van der Waals surface area (Å²) in [6, 6.07) is 11.1. The van der Waals surface area contributed by atoms with E-state index in [2.05, 4.69) is 9.44 Å². The normalized spacial score (nSPS) is 12.3. The summed E-state index contributed by atoms with van der Waals surface area (Å²) in [6.45, 7) is 3.68. The summed E-state index contributed by atoms with van der Waals surface area (Å²) in [4.78, 5) is 13.3. The molecule has 0 fully saturated rings. The highest BCUT2D eigenvalue weighted by molar-refractivity contribution is 7.80. The van der Waals surface area contributed by atoms with Crippen LogP contribution < -0.4 is 9.44 Å². The average molecular weight is 494 g/mol. The van der Waals surface area contributed by atoms with Gasteiger partial charge in [0.15, 0.2) is 0 Å². The van der Waals surface area contributed by atoms with E-state index in [0.717, 1.165) is 11.1 Å². The molecule has 2 atom stereocenters. The number of carbonyl (C=O) groups excluding carboxylic acids is 1. The highest BCUT2D eigenvalue weighted by Gasteiger charge is 2.18. The molecule has 178 valence electrons. The van der Waals surface area contributed by atoms with E-state index in [1.165, 1.54) is 17.0 Å². The van der Waals surface area contributed by atoms with E-state index in [9.17, 15) is 32.5 Å². The molecule has 0 radical (unpaired) electrons. The SMILES string of the molecule is CN(C)C(=O)c1cc(NS(=O)[O-])c2ccccc2c1O.Cc1cc(O)c(NS(=O)[O-])cc1C. The number of carbonyl (C=O) groups is 1. The number of nitrogens with one attached hydrogen (secondary N) is 2. The van der Waals surface area contributed by atoms with Crippen molar-refractivity contribution >= 4 is 50.6 Å². The maximum atomic E-state index is 12.0. The van der Waals surface area contributed by atoms with Gasteiger partial charge in [0.1, 0.15) is 11.5 Å². The third-order valence-electron chi connectivity index (χ3n) is 4.65. The minimum Gasteiger partial charge on any atom is -0.755 e. The van der Waals surface area contributed by atoms with Crippen molar-refractivity contribution in [3.8, 4) is 11.5 Å². The van der Waals surface area contributed by atoms with Crippen LogP contribution in [0.15, 0.2) is 42.5 Å². The van der Waals surface area contributed by atoms with Gasteiger partial charge in [0.2, 0.25) is 0 Å². The van der Waals surface area contributed by atoms with Crippen LogP contribution in [-0.4, -0.2) is 52.6 Å². The van der Waals surface area contributed by atoms with Crippen LogP contribution in [0.5, 0.6) is 11.5 Å². The van der Waals surface area contributed by atoms with Crippen LogP contribution in [-0.2, 0) is 22.5 Å². The van der Waals surface area contributed by atoms with E-state index >= 15 is 0 Å². The second-order valence-electron chi connectivity index (χ2n) is 7.19. The van der Waals surface area contributed by atoms with Crippen molar-refractivity contribution in [1.29, 1.82) is 0 Å². The Hall–Kier alpha value is -3.19. The van der Waals surface area contributed by atoms with Crippen molar-refractivity contribution in [2.75, 3.05) is 23.5 Å². The maximum absolute atomic E-state index is 12.0. The van der Waals surface area contributed by atoms with Crippen LogP contribution in [0.1, 0.15) is 21.5 Å². The highest BCUT2D eigenvalue weighted by atomic mass is 32.2. The number of amides is 1. The molecule has 0 aliphatic carbocycles. The first kappa shape index (κ1) is 26.1. The molecule has 0 saturated carbocycles. The van der Waals surface area contributed by atoms with Gasteiger partial charge in [-0.25, -0.2) is 0 Å². The number of aryl methyl sites for hydroxylation is 2. The van der Waals surface area contributed by atoms with Crippen LogP contribution in [0, 0.1) is 13.8 Å². The van der Waals surface area contributed by atoms with E-state index in [0.29, 0.717) is 10.8 Å². The Morgan fingerprint density at radius 1 is 0.879 bits per heavy atom. The van der Waals surface area contributed by atoms with Gasteiger partial charge < -0.3 is 33.7 Å². The number of hydrogen-bond acceptors (Lipinski definition) is 7. The molecular formula is C21H23N3O7S2-2. The van der Waals surface area contributed by atoms with E-state index in [1.54, 1.807) is 44.4 Å². The summed E-state index contributed by atoms with van der Waals surface area (Å²) in [5.74, 6) is -0.637. The molecule has 12 heteroatoms. The third-order valence-corrected chi connectivity index (χ3v) is 5.42. The van der Waals surface area contributed by atoms with Gasteiger partial charge in [-0.3, -0.25) is 13.2 Å². The predicted octanol–water partition coefficient (Wildman–Crippen LogP) is 2.67. The number of phenols is 2. The van der Waals surface area contributed by atoms with Crippen LogP contribution in [0.2, 0.25) is 0 Å². The summed E-state index contributed by atoms with van der Waals surface area (Å²) in [6.07, 6.45) is 0. The van der Waals surface area contributed by atoms with Gasteiger partial charge in [0, 0.05) is 47.4 Å². The van der Waals surface area contributed by atoms with Crippen molar-refractivity contribution in [2.24, 2.45) is 0 Å². The van der Waals surface area contributed by atoms with Crippen molar-refractivity contribution in [2.45, 2.75) is 13.8 Å². The predicted molar refractivity (Wildman–Crippen MR) is 126 cm³/mol. The molecule has 0 aliphatic rings. The second kappa shape index (κ2) is 11.1. The topological polar surface area (TPSA) is 165 Å². The lowest BCUT2D eigenvalue weighted by molar-refractivity contribution is 0.0825. The molecule has 4 N–H and O–H groups in total. The monoisotopic (exact) mass is 493 g/mol. The van der Waals surface area contributed by atoms with Crippen molar-refractivity contribution in [3.05, 3.63) is 59.2 Å². The van der Waals surface area contributed by atoms with E-state index in [-0.39, 0.29) is 28.4 Å². The minimum atomic E-state index is -2.52. The average Bonchev–Trinajstić information content (AvgIpc) is 2.73. The van der Waals surface area contributed by atoms with E-state index in [4.69, 9.17) is 0 Å². The molecule has 0 aliphatic heterocycles. The summed E-state index contributed by atoms with van der Waals surface area (Å²) in [5, 5.41) is 20.5. The zero-order valence-electron chi connectivity index (χ0n) is 18.2. The number of fused-ring (bicyclic) bond motifs is 1. The van der Waals surface area contributed by atoms with Gasteiger partial charge in [-0.05, 0) is 43.2 Å². The van der Waals surface area contributed by atoms with E-state index < -0.39 is 28.4 Å². The number of anilines is 2. The van der Waals surface area contributed by atoms with Gasteiger partial charge in [0.25, 0.3) is 5.91 Å². The van der Waals surface area contributed by atoms with E-state index in [1.807, 2.05) is 13.8 Å². The van der Waals surface area contributed by atoms with Crippen LogP contribution >= 0.6 is 0 Å². The number of benzene rings is 3. The summed E-state index contributed by atoms with van der Waals surface area (Å²) in [7, 11) is 3.10. The fourth-order valence-corrected chi connectivity index (χ4v) is 3.60. The molecular weight excluding hydrogens is 470 g/mol. The van der Waals surface area contributed by atoms with Crippen LogP contribution in [0.3, 0.4) is 0 Å². The molecule has 0 bridgehead atoms. The van der Waals surface area contributed by atoms with Gasteiger partial charge in [-0.1, -0.05) is 24.3 Å². The first-order chi connectivity index (χ1) is 15.4. The molecule has 0 spiro atoms. The smallest absolute Gasteiger partial charge is 0.257 e.